The molecule has 1 N–H and O–H groups in total. The minimum Gasteiger partial charge on any atom is -0.460 e. The van der Waals surface area contributed by atoms with Crippen molar-refractivity contribution in [2.24, 2.45) is 5.92 Å². The molecule has 2 heterocycles. The van der Waals surface area contributed by atoms with E-state index in [0.29, 0.717) is 19.6 Å². The number of ether oxygens (including phenoxy) is 2. The van der Waals surface area contributed by atoms with Crippen LogP contribution in [-0.2, 0) is 42.8 Å². The maximum atomic E-state index is 13.9. The van der Waals surface area contributed by atoms with Crippen LogP contribution in [0.2, 0.25) is 0 Å². The molecule has 0 spiro atoms. The molecule has 36 heavy (non-hydrogen) atoms. The number of piperidine rings is 1. The van der Waals surface area contributed by atoms with Crippen molar-refractivity contribution in [2.75, 3.05) is 6.61 Å². The Kier molecular flexibility index (Phi) is 7.13. The Bertz CT molecular complexity index is 1170. The van der Waals surface area contributed by atoms with Gasteiger partial charge in [0.05, 0.1) is 25.3 Å². The fourth-order valence-corrected chi connectivity index (χ4v) is 5.04. The van der Waals surface area contributed by atoms with E-state index in [9.17, 15) is 9.59 Å². The lowest BCUT2D eigenvalue weighted by atomic mass is 9.86. The first-order valence-corrected chi connectivity index (χ1v) is 12.2. The summed E-state index contributed by atoms with van der Waals surface area (Å²) in [4.78, 5) is 34.8. The second-order valence-electron chi connectivity index (χ2n) is 9.33. The number of hydrogen-bond acceptors (Lipinski definition) is 6. The molecule has 0 saturated carbocycles. The van der Waals surface area contributed by atoms with Crippen LogP contribution in [0.15, 0.2) is 91.0 Å². The van der Waals surface area contributed by atoms with Crippen molar-refractivity contribution < 1.29 is 23.9 Å². The molecule has 0 bridgehead atoms. The van der Waals surface area contributed by atoms with E-state index in [1.165, 1.54) is 0 Å². The highest BCUT2D eigenvalue weighted by Gasteiger charge is 2.57. The molecule has 0 aromatic heterocycles. The quantitative estimate of drug-likeness (QED) is 0.295. The predicted molar refractivity (Wildman–Crippen MR) is 133 cm³/mol. The standard InChI is InChI=1S/C29H30N2O5/c1-29(23-15-9-4-10-16-23)31-24(20-35-29)17-25(30-36-19-22-13-7-3-8-14-22)26(27(31)32)28(33)34-18-21-11-5-2-6-12-21/h2-16,24-26,30H,17-20H2,1H3/t24-,25+,26-,29-/m0/s1. The van der Waals surface area contributed by atoms with Gasteiger partial charge in [0.1, 0.15) is 6.61 Å². The van der Waals surface area contributed by atoms with Gasteiger partial charge < -0.3 is 14.4 Å². The number of benzene rings is 3. The van der Waals surface area contributed by atoms with Crippen molar-refractivity contribution in [3.05, 3.63) is 108 Å². The van der Waals surface area contributed by atoms with Gasteiger partial charge in [-0.25, -0.2) is 0 Å². The second-order valence-corrected chi connectivity index (χ2v) is 9.33. The zero-order valence-electron chi connectivity index (χ0n) is 20.2. The smallest absolute Gasteiger partial charge is 0.320 e. The molecule has 0 radical (unpaired) electrons. The van der Waals surface area contributed by atoms with Gasteiger partial charge in [-0.05, 0) is 24.5 Å². The van der Waals surface area contributed by atoms with Crippen LogP contribution in [0.5, 0.6) is 0 Å². The molecule has 3 aromatic rings. The number of rotatable bonds is 8. The number of carbonyl (C=O) groups excluding carboxylic acids is 2. The van der Waals surface area contributed by atoms with Crippen molar-refractivity contribution in [1.29, 1.82) is 0 Å². The lowest BCUT2D eigenvalue weighted by Crippen LogP contribution is -2.62. The summed E-state index contributed by atoms with van der Waals surface area (Å²) in [6, 6.07) is 28.0. The zero-order chi connectivity index (χ0) is 25.0. The SMILES string of the molecule is C[C@@]1(c2ccccc2)OC[C@@H]2C[C@@H](NOCc3ccccc3)[C@H](C(=O)OCc3ccccc3)C(=O)N21. The molecule has 0 aliphatic carbocycles. The molecule has 4 atom stereocenters. The molecule has 5 rings (SSSR count). The minimum atomic E-state index is -1.06. The summed E-state index contributed by atoms with van der Waals surface area (Å²) in [5, 5.41) is 0. The summed E-state index contributed by atoms with van der Waals surface area (Å²) in [5.41, 5.74) is 4.75. The van der Waals surface area contributed by atoms with Crippen molar-refractivity contribution in [1.82, 2.24) is 10.4 Å². The Hall–Kier alpha value is -3.52. The summed E-state index contributed by atoms with van der Waals surface area (Å²) in [5.74, 6) is -1.97. The van der Waals surface area contributed by atoms with E-state index in [1.807, 2.05) is 97.9 Å². The van der Waals surface area contributed by atoms with Crippen LogP contribution in [0.3, 0.4) is 0 Å². The Morgan fingerprint density at radius 3 is 2.17 bits per heavy atom. The molecule has 2 aliphatic rings. The van der Waals surface area contributed by atoms with Gasteiger partial charge in [-0.1, -0.05) is 91.0 Å². The first kappa shape index (κ1) is 24.2. The van der Waals surface area contributed by atoms with Crippen LogP contribution in [0, 0.1) is 5.92 Å². The van der Waals surface area contributed by atoms with Crippen LogP contribution in [0.1, 0.15) is 30.0 Å². The Morgan fingerprint density at radius 1 is 0.944 bits per heavy atom. The van der Waals surface area contributed by atoms with E-state index < -0.39 is 23.7 Å². The molecule has 2 aliphatic heterocycles. The maximum absolute atomic E-state index is 13.9. The third kappa shape index (κ3) is 4.91. The summed E-state index contributed by atoms with van der Waals surface area (Å²) in [6.45, 7) is 2.66. The van der Waals surface area contributed by atoms with Gasteiger partial charge in [-0.2, -0.15) is 5.48 Å². The topological polar surface area (TPSA) is 77.1 Å². The third-order valence-corrected chi connectivity index (χ3v) is 6.92. The Balaban J connectivity index is 1.36. The van der Waals surface area contributed by atoms with Crippen LogP contribution in [-0.4, -0.2) is 35.5 Å². The molecule has 1 amide bonds. The van der Waals surface area contributed by atoms with Gasteiger partial charge in [-0.15, -0.1) is 0 Å². The van der Waals surface area contributed by atoms with Gasteiger partial charge in [0.25, 0.3) is 0 Å². The molecule has 0 unspecified atom stereocenters. The summed E-state index contributed by atoms with van der Waals surface area (Å²) >= 11 is 0. The lowest BCUT2D eigenvalue weighted by Gasteiger charge is -2.44. The van der Waals surface area contributed by atoms with Crippen LogP contribution in [0.25, 0.3) is 0 Å². The van der Waals surface area contributed by atoms with Gasteiger partial charge >= 0.3 is 5.97 Å². The average molecular weight is 487 g/mol. The molecule has 3 aromatic carbocycles. The highest BCUT2D eigenvalue weighted by molar-refractivity contribution is 6.00. The number of fused-ring (bicyclic) bond motifs is 1. The first-order valence-electron chi connectivity index (χ1n) is 12.2. The highest BCUT2D eigenvalue weighted by atomic mass is 16.6. The van der Waals surface area contributed by atoms with E-state index in [-0.39, 0.29) is 18.6 Å². The van der Waals surface area contributed by atoms with E-state index >= 15 is 0 Å². The van der Waals surface area contributed by atoms with Crippen molar-refractivity contribution >= 4 is 11.9 Å². The van der Waals surface area contributed by atoms with Crippen molar-refractivity contribution in [3.63, 3.8) is 0 Å². The number of nitrogens with one attached hydrogen (secondary N) is 1. The predicted octanol–water partition coefficient (Wildman–Crippen LogP) is 3.94. The summed E-state index contributed by atoms with van der Waals surface area (Å²) in [7, 11) is 0. The Labute approximate surface area is 210 Å². The number of nitrogens with zero attached hydrogens (tertiary/aromatic N) is 1. The largest absolute Gasteiger partial charge is 0.460 e. The number of hydroxylamine groups is 1. The van der Waals surface area contributed by atoms with Crippen LogP contribution in [0.4, 0.5) is 0 Å². The van der Waals surface area contributed by atoms with E-state index in [4.69, 9.17) is 14.3 Å². The lowest BCUT2D eigenvalue weighted by molar-refractivity contribution is -0.175. The first-order chi connectivity index (χ1) is 17.6. The van der Waals surface area contributed by atoms with E-state index in [0.717, 1.165) is 16.7 Å². The molecular weight excluding hydrogens is 456 g/mol. The fraction of sp³-hybridized carbons (Fsp3) is 0.310. The average Bonchev–Trinajstić information content (AvgIpc) is 3.27. The number of esters is 1. The molecule has 7 nitrogen and oxygen atoms in total. The van der Waals surface area contributed by atoms with Gasteiger partial charge in [0.15, 0.2) is 11.6 Å². The summed E-state index contributed by atoms with van der Waals surface area (Å²) < 4.78 is 11.8. The second kappa shape index (κ2) is 10.6. The van der Waals surface area contributed by atoms with Gasteiger partial charge in [-0.3, -0.25) is 14.4 Å². The van der Waals surface area contributed by atoms with Gasteiger partial charge in [0, 0.05) is 5.56 Å². The monoisotopic (exact) mass is 486 g/mol. The normalized spacial score (nSPS) is 25.4. The van der Waals surface area contributed by atoms with Crippen molar-refractivity contribution in [3.8, 4) is 0 Å². The molecule has 2 fully saturated rings. The van der Waals surface area contributed by atoms with E-state index in [2.05, 4.69) is 5.48 Å². The van der Waals surface area contributed by atoms with Crippen LogP contribution >= 0.6 is 0 Å². The third-order valence-electron chi connectivity index (χ3n) is 6.92. The highest BCUT2D eigenvalue weighted by Crippen LogP contribution is 2.43. The Morgan fingerprint density at radius 2 is 1.53 bits per heavy atom. The molecule has 2 saturated heterocycles. The number of carbonyl (C=O) groups is 2. The zero-order valence-corrected chi connectivity index (χ0v) is 20.2. The minimum absolute atomic E-state index is 0.0942. The van der Waals surface area contributed by atoms with E-state index in [1.54, 1.807) is 4.90 Å². The fourth-order valence-electron chi connectivity index (χ4n) is 5.04. The molecular formula is C29H30N2O5. The van der Waals surface area contributed by atoms with Crippen molar-refractivity contribution in [2.45, 2.75) is 44.4 Å². The number of hydrogen-bond donors (Lipinski definition) is 1. The molecule has 7 heteroatoms. The molecule has 186 valence electrons. The number of amides is 1. The van der Waals surface area contributed by atoms with Gasteiger partial charge in [0.2, 0.25) is 5.91 Å². The maximum Gasteiger partial charge on any atom is 0.320 e. The summed E-state index contributed by atoms with van der Waals surface area (Å²) in [6.07, 6.45) is 0.494. The van der Waals surface area contributed by atoms with Crippen LogP contribution < -0.4 is 5.48 Å².